The highest BCUT2D eigenvalue weighted by atomic mass is 16.5. The summed E-state index contributed by atoms with van der Waals surface area (Å²) in [5.41, 5.74) is 7.39. The van der Waals surface area contributed by atoms with Gasteiger partial charge in [-0.2, -0.15) is 0 Å². The van der Waals surface area contributed by atoms with Crippen LogP contribution in [0.4, 0.5) is 0 Å². The minimum absolute atomic E-state index is 0.256. The van der Waals surface area contributed by atoms with Crippen molar-refractivity contribution >= 4 is 5.91 Å². The third-order valence-electron chi connectivity index (χ3n) is 5.96. The number of unbranched alkanes of at least 4 members (excludes halogenated alkanes) is 1. The predicted octanol–water partition coefficient (Wildman–Crippen LogP) is 3.55. The van der Waals surface area contributed by atoms with Crippen LogP contribution in [0.5, 0.6) is 5.75 Å². The maximum atomic E-state index is 12.7. The number of rotatable bonds is 11. The third kappa shape index (κ3) is 5.83. The molecule has 5 heteroatoms. The van der Waals surface area contributed by atoms with Gasteiger partial charge in [0, 0.05) is 19.6 Å². The van der Waals surface area contributed by atoms with E-state index in [-0.39, 0.29) is 5.91 Å². The van der Waals surface area contributed by atoms with Crippen LogP contribution < -0.4 is 10.5 Å². The molecule has 1 fully saturated rings. The zero-order chi connectivity index (χ0) is 21.2. The van der Waals surface area contributed by atoms with Gasteiger partial charge in [-0.3, -0.25) is 9.69 Å². The molecule has 0 spiro atoms. The molecule has 0 unspecified atom stereocenters. The van der Waals surface area contributed by atoms with Gasteiger partial charge in [0.2, 0.25) is 5.91 Å². The van der Waals surface area contributed by atoms with Gasteiger partial charge in [-0.25, -0.2) is 0 Å². The Kier molecular flexibility index (Phi) is 8.29. The summed E-state index contributed by atoms with van der Waals surface area (Å²) in [4.78, 5) is 15.0. The molecule has 5 nitrogen and oxygen atoms in total. The Balaban J connectivity index is 1.66. The lowest BCUT2D eigenvalue weighted by atomic mass is 9.71. The second kappa shape index (κ2) is 11.1. The number of amides is 1. The van der Waals surface area contributed by atoms with Crippen LogP contribution in [0.1, 0.15) is 37.3 Å². The summed E-state index contributed by atoms with van der Waals surface area (Å²) in [6.45, 7) is 7.24. The molecule has 0 saturated carbocycles. The highest BCUT2D eigenvalue weighted by Crippen LogP contribution is 2.34. The van der Waals surface area contributed by atoms with Crippen LogP contribution in [0.2, 0.25) is 0 Å². The van der Waals surface area contributed by atoms with Gasteiger partial charge in [-0.15, -0.1) is 0 Å². The summed E-state index contributed by atoms with van der Waals surface area (Å²) in [6, 6.07) is 18.0. The number of ether oxygens (including phenoxy) is 2. The molecule has 162 valence electrons. The van der Waals surface area contributed by atoms with Crippen LogP contribution in [0.3, 0.4) is 0 Å². The SMILES string of the molecule is CCCC[C@](Cc1ccc(OCCN2CCOCC2)cc1)(C(N)=O)c1ccccc1. The molecule has 2 N–H and O–H groups in total. The van der Waals surface area contributed by atoms with Crippen molar-refractivity contribution in [3.8, 4) is 5.75 Å². The first-order valence-electron chi connectivity index (χ1n) is 11.0. The Morgan fingerprint density at radius 3 is 2.43 bits per heavy atom. The maximum Gasteiger partial charge on any atom is 0.228 e. The molecule has 0 aliphatic carbocycles. The number of nitrogens with two attached hydrogens (primary N) is 1. The lowest BCUT2D eigenvalue weighted by Gasteiger charge is -2.31. The summed E-state index contributed by atoms with van der Waals surface area (Å²) in [7, 11) is 0. The number of primary amides is 1. The number of hydrogen-bond donors (Lipinski definition) is 1. The number of benzene rings is 2. The number of carbonyl (C=O) groups excluding carboxylic acids is 1. The zero-order valence-electron chi connectivity index (χ0n) is 18.0. The van der Waals surface area contributed by atoms with E-state index in [2.05, 4.69) is 24.0 Å². The van der Waals surface area contributed by atoms with Crippen molar-refractivity contribution in [2.75, 3.05) is 39.5 Å². The van der Waals surface area contributed by atoms with Crippen LogP contribution >= 0.6 is 0 Å². The van der Waals surface area contributed by atoms with Crippen LogP contribution in [0, 0.1) is 0 Å². The molecule has 1 heterocycles. The molecule has 30 heavy (non-hydrogen) atoms. The molecule has 1 atom stereocenters. The van der Waals surface area contributed by atoms with Crippen molar-refractivity contribution in [1.29, 1.82) is 0 Å². The van der Waals surface area contributed by atoms with Gasteiger partial charge in [0.05, 0.1) is 18.6 Å². The van der Waals surface area contributed by atoms with E-state index in [0.29, 0.717) is 13.0 Å². The van der Waals surface area contributed by atoms with Crippen molar-refractivity contribution in [1.82, 2.24) is 4.90 Å². The molecular formula is C25H34N2O3. The van der Waals surface area contributed by atoms with E-state index in [9.17, 15) is 4.79 Å². The van der Waals surface area contributed by atoms with E-state index in [1.54, 1.807) is 0 Å². The first-order valence-corrected chi connectivity index (χ1v) is 11.0. The Morgan fingerprint density at radius 2 is 1.80 bits per heavy atom. The standard InChI is InChI=1S/C25H34N2O3/c1-2-3-13-25(24(26)28,22-7-5-4-6-8-22)20-21-9-11-23(12-10-21)30-19-16-27-14-17-29-18-15-27/h4-12H,2-3,13-20H2,1H3,(H2,26,28)/t25-/m1/s1. The highest BCUT2D eigenvalue weighted by molar-refractivity contribution is 5.87. The molecule has 1 aliphatic heterocycles. The number of nitrogens with zero attached hydrogens (tertiary/aromatic N) is 1. The van der Waals surface area contributed by atoms with Crippen molar-refractivity contribution in [3.63, 3.8) is 0 Å². The molecule has 1 saturated heterocycles. The first kappa shape index (κ1) is 22.3. The molecule has 0 aromatic heterocycles. The average Bonchev–Trinajstić information content (AvgIpc) is 2.79. The molecular weight excluding hydrogens is 376 g/mol. The summed E-state index contributed by atoms with van der Waals surface area (Å²) >= 11 is 0. The minimum atomic E-state index is -0.685. The minimum Gasteiger partial charge on any atom is -0.492 e. The van der Waals surface area contributed by atoms with E-state index in [1.807, 2.05) is 42.5 Å². The molecule has 0 radical (unpaired) electrons. The average molecular weight is 411 g/mol. The topological polar surface area (TPSA) is 64.8 Å². The predicted molar refractivity (Wildman–Crippen MR) is 120 cm³/mol. The molecule has 2 aromatic carbocycles. The largest absolute Gasteiger partial charge is 0.492 e. The summed E-state index contributed by atoms with van der Waals surface area (Å²) in [5, 5.41) is 0. The van der Waals surface area contributed by atoms with Crippen molar-refractivity contribution in [3.05, 3.63) is 65.7 Å². The first-order chi connectivity index (χ1) is 14.6. The molecule has 3 rings (SSSR count). The fourth-order valence-electron chi connectivity index (χ4n) is 4.09. The molecule has 2 aromatic rings. The zero-order valence-corrected chi connectivity index (χ0v) is 18.0. The number of carbonyl (C=O) groups is 1. The Hall–Kier alpha value is -2.37. The van der Waals surface area contributed by atoms with Crippen molar-refractivity contribution in [2.24, 2.45) is 5.73 Å². The van der Waals surface area contributed by atoms with Crippen molar-refractivity contribution < 1.29 is 14.3 Å². The second-order valence-electron chi connectivity index (χ2n) is 8.04. The fraction of sp³-hybridized carbons (Fsp3) is 0.480. The van der Waals surface area contributed by atoms with E-state index in [1.165, 1.54) is 0 Å². The van der Waals surface area contributed by atoms with Gasteiger partial charge in [0.25, 0.3) is 0 Å². The van der Waals surface area contributed by atoms with E-state index >= 15 is 0 Å². The quantitative estimate of drug-likeness (QED) is 0.615. The summed E-state index contributed by atoms with van der Waals surface area (Å²) in [5.74, 6) is 0.595. The third-order valence-corrected chi connectivity index (χ3v) is 5.96. The van der Waals surface area contributed by atoms with Crippen LogP contribution in [0.25, 0.3) is 0 Å². The fourth-order valence-corrected chi connectivity index (χ4v) is 4.09. The molecule has 0 bridgehead atoms. The Labute approximate surface area is 180 Å². The van der Waals surface area contributed by atoms with Gasteiger partial charge in [-0.1, -0.05) is 62.2 Å². The van der Waals surface area contributed by atoms with Crippen LogP contribution in [0.15, 0.2) is 54.6 Å². The van der Waals surface area contributed by atoms with Gasteiger partial charge >= 0.3 is 0 Å². The van der Waals surface area contributed by atoms with Gasteiger partial charge in [-0.05, 0) is 36.1 Å². The van der Waals surface area contributed by atoms with Gasteiger partial charge in [0.15, 0.2) is 0 Å². The number of morpholine rings is 1. The Bertz CT molecular complexity index is 773. The van der Waals surface area contributed by atoms with Crippen LogP contribution in [-0.2, 0) is 21.4 Å². The van der Waals surface area contributed by atoms with Gasteiger partial charge in [0.1, 0.15) is 12.4 Å². The Morgan fingerprint density at radius 1 is 1.10 bits per heavy atom. The second-order valence-corrected chi connectivity index (χ2v) is 8.04. The monoisotopic (exact) mass is 410 g/mol. The lowest BCUT2D eigenvalue weighted by Crippen LogP contribution is -2.43. The van der Waals surface area contributed by atoms with E-state index in [4.69, 9.17) is 15.2 Å². The van der Waals surface area contributed by atoms with E-state index < -0.39 is 5.41 Å². The highest BCUT2D eigenvalue weighted by Gasteiger charge is 2.37. The molecule has 1 amide bonds. The normalized spacial score (nSPS) is 16.7. The summed E-state index contributed by atoms with van der Waals surface area (Å²) in [6.07, 6.45) is 3.33. The summed E-state index contributed by atoms with van der Waals surface area (Å²) < 4.78 is 11.3. The smallest absolute Gasteiger partial charge is 0.228 e. The van der Waals surface area contributed by atoms with Gasteiger partial charge < -0.3 is 15.2 Å². The van der Waals surface area contributed by atoms with Crippen LogP contribution in [-0.4, -0.2) is 50.3 Å². The van der Waals surface area contributed by atoms with E-state index in [0.717, 1.165) is 69.0 Å². The maximum absolute atomic E-state index is 12.7. The number of hydrogen-bond acceptors (Lipinski definition) is 4. The van der Waals surface area contributed by atoms with Crippen molar-refractivity contribution in [2.45, 2.75) is 38.0 Å². The molecule has 1 aliphatic rings. The lowest BCUT2D eigenvalue weighted by molar-refractivity contribution is -0.123.